The molecule has 0 aromatic heterocycles. The second kappa shape index (κ2) is 17.1. The van der Waals surface area contributed by atoms with E-state index < -0.39 is 18.2 Å². The van der Waals surface area contributed by atoms with E-state index >= 15 is 0 Å². The largest absolute Gasteiger partial charge is 0.497 e. The first kappa shape index (κ1) is 32.5. The summed E-state index contributed by atoms with van der Waals surface area (Å²) < 4.78 is 10.4. The second-order valence-corrected chi connectivity index (χ2v) is 11.5. The molecule has 0 spiro atoms. The highest BCUT2D eigenvalue weighted by Gasteiger charge is 2.24. The lowest BCUT2D eigenvalue weighted by Crippen LogP contribution is -2.50. The lowest BCUT2D eigenvalue weighted by Gasteiger charge is -2.22. The Bertz CT molecular complexity index is 1300. The third kappa shape index (κ3) is 10.4. The lowest BCUT2D eigenvalue weighted by molar-refractivity contribution is -0.126. The Hall–Kier alpha value is -3.98. The second-order valence-electron chi connectivity index (χ2n) is 10.4. The standard InChI is InChI=1S/C20H30N2O4.C13H11NOS/c1-4-5-11-17(13-23)21-19(24)18(12-15(2)3)22-20(25)26-14-16-9-7-6-8-10-16;1-15-9-6-7-13-11(8-9)14-10-4-2-3-5-12(10)16-13/h6-10,13,15,17-18H,4-5,11-12,14H2,1-3H3,(H,21,24)(H,22,25);2-8,14H,1H3/t17-,18-;/m0./s1. The molecule has 0 unspecified atom stereocenters. The maximum absolute atomic E-state index is 12.5. The van der Waals surface area contributed by atoms with Crippen molar-refractivity contribution in [3.05, 3.63) is 78.4 Å². The number of amides is 2. The summed E-state index contributed by atoms with van der Waals surface area (Å²) >= 11 is 1.78. The number of benzene rings is 3. The molecule has 8 nitrogen and oxygen atoms in total. The molecule has 0 fully saturated rings. The number of alkyl carbamates (subject to hydrolysis) is 1. The maximum atomic E-state index is 12.5. The van der Waals surface area contributed by atoms with Crippen molar-refractivity contribution in [3.63, 3.8) is 0 Å². The number of nitrogens with one attached hydrogen (secondary N) is 3. The van der Waals surface area contributed by atoms with Gasteiger partial charge < -0.3 is 30.2 Å². The molecule has 2 amide bonds. The summed E-state index contributed by atoms with van der Waals surface area (Å²) in [6, 6.07) is 22.5. The number of hydrogen-bond acceptors (Lipinski definition) is 7. The van der Waals surface area contributed by atoms with Crippen molar-refractivity contribution in [3.8, 4) is 5.75 Å². The van der Waals surface area contributed by atoms with Crippen molar-refractivity contribution < 1.29 is 23.9 Å². The Kier molecular flexibility index (Phi) is 13.2. The molecule has 0 radical (unpaired) electrons. The summed E-state index contributed by atoms with van der Waals surface area (Å²) in [4.78, 5) is 38.2. The Morgan fingerprint density at radius 3 is 2.36 bits per heavy atom. The number of fused-ring (bicyclic) bond motifs is 2. The SMILES string of the molecule is CCCC[C@@H](C=O)NC(=O)[C@H](CC(C)C)NC(=O)OCc1ccccc1.COc1ccc2c(c1)Nc1ccccc1S2. The van der Waals surface area contributed by atoms with Gasteiger partial charge in [-0.3, -0.25) is 4.79 Å². The summed E-state index contributed by atoms with van der Waals surface area (Å²) in [6.45, 7) is 6.09. The highest BCUT2D eigenvalue weighted by atomic mass is 32.2. The molecular weight excluding hydrogens is 550 g/mol. The van der Waals surface area contributed by atoms with Gasteiger partial charge in [-0.05, 0) is 48.6 Å². The number of methoxy groups -OCH3 is 1. The molecule has 3 aromatic rings. The van der Waals surface area contributed by atoms with Gasteiger partial charge in [0.15, 0.2) is 0 Å². The van der Waals surface area contributed by atoms with Gasteiger partial charge in [0.05, 0.1) is 24.5 Å². The normalized spacial score (nSPS) is 12.7. The van der Waals surface area contributed by atoms with Gasteiger partial charge in [-0.1, -0.05) is 87.8 Å². The average Bonchev–Trinajstić information content (AvgIpc) is 3.00. The van der Waals surface area contributed by atoms with E-state index in [1.165, 1.54) is 9.79 Å². The van der Waals surface area contributed by atoms with E-state index in [0.29, 0.717) is 12.8 Å². The fraction of sp³-hybridized carbons (Fsp3) is 0.364. The molecule has 2 atom stereocenters. The third-order valence-electron chi connectivity index (χ3n) is 6.45. The minimum atomic E-state index is -0.734. The molecule has 0 bridgehead atoms. The topological polar surface area (TPSA) is 106 Å². The minimum absolute atomic E-state index is 0.135. The fourth-order valence-corrected chi connectivity index (χ4v) is 5.21. The zero-order valence-electron chi connectivity index (χ0n) is 24.7. The van der Waals surface area contributed by atoms with Gasteiger partial charge in [0.1, 0.15) is 24.7 Å². The molecule has 0 saturated carbocycles. The first-order valence-corrected chi connectivity index (χ1v) is 15.1. The van der Waals surface area contributed by atoms with Crippen LogP contribution in [-0.2, 0) is 20.9 Å². The van der Waals surface area contributed by atoms with Crippen LogP contribution in [0.2, 0.25) is 0 Å². The molecule has 9 heteroatoms. The number of rotatable bonds is 12. The molecule has 0 aliphatic carbocycles. The van der Waals surface area contributed by atoms with Crippen molar-refractivity contribution in [2.75, 3.05) is 12.4 Å². The summed E-state index contributed by atoms with van der Waals surface area (Å²) in [5.74, 6) is 0.722. The van der Waals surface area contributed by atoms with Crippen molar-refractivity contribution >= 4 is 41.4 Å². The van der Waals surface area contributed by atoms with Crippen LogP contribution in [0.15, 0.2) is 82.6 Å². The van der Waals surface area contributed by atoms with E-state index in [2.05, 4.69) is 40.2 Å². The van der Waals surface area contributed by atoms with E-state index in [4.69, 9.17) is 9.47 Å². The monoisotopic (exact) mass is 591 g/mol. The van der Waals surface area contributed by atoms with Crippen molar-refractivity contribution in [1.29, 1.82) is 0 Å². The van der Waals surface area contributed by atoms with Gasteiger partial charge in [-0.25, -0.2) is 4.79 Å². The molecule has 4 rings (SSSR count). The van der Waals surface area contributed by atoms with Crippen LogP contribution in [-0.4, -0.2) is 37.5 Å². The summed E-state index contributed by atoms with van der Waals surface area (Å²) in [7, 11) is 1.69. The zero-order valence-corrected chi connectivity index (χ0v) is 25.5. The van der Waals surface area contributed by atoms with Crippen molar-refractivity contribution in [2.24, 2.45) is 5.92 Å². The van der Waals surface area contributed by atoms with Crippen molar-refractivity contribution in [1.82, 2.24) is 10.6 Å². The first-order valence-electron chi connectivity index (χ1n) is 14.3. The zero-order chi connectivity index (χ0) is 30.3. The predicted molar refractivity (Wildman–Crippen MR) is 167 cm³/mol. The van der Waals surface area contributed by atoms with Crippen LogP contribution in [0, 0.1) is 5.92 Å². The number of aldehydes is 1. The number of hydrogen-bond donors (Lipinski definition) is 3. The Morgan fingerprint density at radius 1 is 0.952 bits per heavy atom. The maximum Gasteiger partial charge on any atom is 0.408 e. The van der Waals surface area contributed by atoms with Crippen LogP contribution in [0.5, 0.6) is 5.75 Å². The minimum Gasteiger partial charge on any atom is -0.497 e. The van der Waals surface area contributed by atoms with Gasteiger partial charge in [0, 0.05) is 15.9 Å². The van der Waals surface area contributed by atoms with Gasteiger partial charge in [-0.15, -0.1) is 0 Å². The van der Waals surface area contributed by atoms with Crippen LogP contribution in [0.25, 0.3) is 0 Å². The number of anilines is 2. The molecule has 1 heterocycles. The van der Waals surface area contributed by atoms with Crippen LogP contribution >= 0.6 is 11.8 Å². The predicted octanol–water partition coefficient (Wildman–Crippen LogP) is 7.10. The van der Waals surface area contributed by atoms with Gasteiger partial charge in [0.25, 0.3) is 0 Å². The Balaban J connectivity index is 0.000000255. The van der Waals surface area contributed by atoms with Crippen LogP contribution < -0.4 is 20.7 Å². The quantitative estimate of drug-likeness (QED) is 0.151. The molecule has 3 N–H and O–H groups in total. The van der Waals surface area contributed by atoms with E-state index in [9.17, 15) is 14.4 Å². The van der Waals surface area contributed by atoms with Crippen LogP contribution in [0.4, 0.5) is 16.2 Å². The fourth-order valence-electron chi connectivity index (χ4n) is 4.24. The highest BCUT2D eigenvalue weighted by Crippen LogP contribution is 2.44. The van der Waals surface area contributed by atoms with Gasteiger partial charge in [-0.2, -0.15) is 0 Å². The number of carbonyl (C=O) groups is 3. The van der Waals surface area contributed by atoms with E-state index in [1.807, 2.05) is 69.3 Å². The Morgan fingerprint density at radius 2 is 1.67 bits per heavy atom. The Labute approximate surface area is 253 Å². The first-order chi connectivity index (χ1) is 20.3. The van der Waals surface area contributed by atoms with Crippen LogP contribution in [0.1, 0.15) is 52.0 Å². The molecule has 0 saturated heterocycles. The van der Waals surface area contributed by atoms with E-state index in [1.54, 1.807) is 18.9 Å². The lowest BCUT2D eigenvalue weighted by atomic mass is 10.0. The van der Waals surface area contributed by atoms with E-state index in [-0.39, 0.29) is 18.4 Å². The average molecular weight is 592 g/mol. The smallest absolute Gasteiger partial charge is 0.408 e. The van der Waals surface area contributed by atoms with Crippen LogP contribution in [0.3, 0.4) is 0 Å². The van der Waals surface area contributed by atoms with E-state index in [0.717, 1.165) is 41.8 Å². The summed E-state index contributed by atoms with van der Waals surface area (Å²) in [5.41, 5.74) is 3.14. The van der Waals surface area contributed by atoms with Gasteiger partial charge in [0.2, 0.25) is 5.91 Å². The van der Waals surface area contributed by atoms with Crippen molar-refractivity contribution in [2.45, 2.75) is 74.9 Å². The highest BCUT2D eigenvalue weighted by molar-refractivity contribution is 7.99. The van der Waals surface area contributed by atoms with Gasteiger partial charge >= 0.3 is 6.09 Å². The molecule has 42 heavy (non-hydrogen) atoms. The number of ether oxygens (including phenoxy) is 2. The summed E-state index contributed by atoms with van der Waals surface area (Å²) in [6.07, 6.45) is 2.95. The molecule has 3 aromatic carbocycles. The number of carbonyl (C=O) groups excluding carboxylic acids is 3. The summed E-state index contributed by atoms with van der Waals surface area (Å²) in [5, 5.41) is 8.74. The third-order valence-corrected chi connectivity index (χ3v) is 7.60. The molecule has 224 valence electrons. The molecule has 1 aliphatic rings. The molecular formula is C33H41N3O5S. The molecule has 1 aliphatic heterocycles. The number of unbranched alkanes of at least 4 members (excludes halogenated alkanes) is 1. The number of para-hydroxylation sites is 1.